The SMILES string of the molecule is Cn1c(CN(C[C@H]2COC(C)(C)O2)C(=O)c2ccncc2)cc2ccccc21. The Kier molecular flexibility index (Phi) is 4.91. The van der Waals surface area contributed by atoms with E-state index in [2.05, 4.69) is 27.8 Å². The molecule has 0 saturated carbocycles. The Hall–Kier alpha value is -2.70. The summed E-state index contributed by atoms with van der Waals surface area (Å²) >= 11 is 0. The lowest BCUT2D eigenvalue weighted by Crippen LogP contribution is -2.39. The second-order valence-electron chi connectivity index (χ2n) is 7.63. The van der Waals surface area contributed by atoms with Crippen molar-refractivity contribution in [2.24, 2.45) is 7.05 Å². The Morgan fingerprint density at radius 1 is 1.25 bits per heavy atom. The number of aryl methyl sites for hydroxylation is 1. The van der Waals surface area contributed by atoms with E-state index in [9.17, 15) is 4.79 Å². The molecule has 3 heterocycles. The number of rotatable bonds is 5. The summed E-state index contributed by atoms with van der Waals surface area (Å²) in [7, 11) is 2.03. The van der Waals surface area contributed by atoms with Crippen LogP contribution < -0.4 is 0 Å². The molecule has 3 aromatic rings. The van der Waals surface area contributed by atoms with Crippen LogP contribution in [-0.2, 0) is 23.1 Å². The molecule has 0 bridgehead atoms. The van der Waals surface area contributed by atoms with Gasteiger partial charge < -0.3 is 18.9 Å². The first-order valence-electron chi connectivity index (χ1n) is 9.47. The van der Waals surface area contributed by atoms with Crippen LogP contribution >= 0.6 is 0 Å². The van der Waals surface area contributed by atoms with E-state index in [0.29, 0.717) is 25.3 Å². The predicted molar refractivity (Wildman–Crippen MR) is 107 cm³/mol. The van der Waals surface area contributed by atoms with Crippen molar-refractivity contribution in [1.29, 1.82) is 0 Å². The van der Waals surface area contributed by atoms with Crippen LogP contribution in [0, 0.1) is 0 Å². The monoisotopic (exact) mass is 379 g/mol. The molecule has 0 unspecified atom stereocenters. The average Bonchev–Trinajstić information content (AvgIpc) is 3.20. The Morgan fingerprint density at radius 3 is 2.68 bits per heavy atom. The molecule has 1 saturated heterocycles. The van der Waals surface area contributed by atoms with E-state index in [1.807, 2.05) is 37.9 Å². The molecule has 1 atom stereocenters. The summed E-state index contributed by atoms with van der Waals surface area (Å²) in [4.78, 5) is 19.1. The number of carbonyl (C=O) groups is 1. The van der Waals surface area contributed by atoms with Crippen LogP contribution in [0.1, 0.15) is 29.9 Å². The first-order chi connectivity index (χ1) is 13.4. The van der Waals surface area contributed by atoms with Gasteiger partial charge in [0.2, 0.25) is 0 Å². The van der Waals surface area contributed by atoms with Crippen LogP contribution in [0.3, 0.4) is 0 Å². The fourth-order valence-electron chi connectivity index (χ4n) is 3.69. The van der Waals surface area contributed by atoms with E-state index >= 15 is 0 Å². The number of aromatic nitrogens is 2. The van der Waals surface area contributed by atoms with Crippen molar-refractivity contribution in [3.05, 3.63) is 66.1 Å². The number of hydrogen-bond donors (Lipinski definition) is 0. The minimum absolute atomic E-state index is 0.0408. The van der Waals surface area contributed by atoms with Gasteiger partial charge in [-0.15, -0.1) is 0 Å². The third kappa shape index (κ3) is 3.79. The van der Waals surface area contributed by atoms with Gasteiger partial charge in [0.25, 0.3) is 5.91 Å². The lowest BCUT2D eigenvalue weighted by atomic mass is 10.2. The standard InChI is InChI=1S/C22H25N3O3/c1-22(2)27-15-19(28-22)14-25(21(26)16-8-10-23-11-9-16)13-18-12-17-6-4-5-7-20(17)24(18)3/h4-12,19H,13-15H2,1-3H3/t19-/m0/s1. The maximum atomic E-state index is 13.2. The summed E-state index contributed by atoms with van der Waals surface area (Å²) in [5.74, 6) is -0.656. The van der Waals surface area contributed by atoms with Crippen molar-refractivity contribution in [2.45, 2.75) is 32.3 Å². The molecule has 1 aliphatic heterocycles. The molecular formula is C22H25N3O3. The molecule has 6 heteroatoms. The van der Waals surface area contributed by atoms with Gasteiger partial charge in [-0.1, -0.05) is 18.2 Å². The van der Waals surface area contributed by atoms with Crippen molar-refractivity contribution < 1.29 is 14.3 Å². The minimum atomic E-state index is -0.615. The van der Waals surface area contributed by atoms with Crippen LogP contribution in [0.5, 0.6) is 0 Å². The first kappa shape index (κ1) is 18.7. The number of benzene rings is 1. The Labute approximate surface area is 164 Å². The van der Waals surface area contributed by atoms with Crippen LogP contribution in [0.25, 0.3) is 10.9 Å². The molecule has 0 spiro atoms. The molecule has 1 aromatic carbocycles. The molecule has 0 N–H and O–H groups in total. The maximum absolute atomic E-state index is 13.2. The van der Waals surface area contributed by atoms with Crippen molar-refractivity contribution in [3.8, 4) is 0 Å². The summed E-state index contributed by atoms with van der Waals surface area (Å²) in [6.45, 7) is 5.22. The van der Waals surface area contributed by atoms with E-state index in [1.165, 1.54) is 0 Å². The Morgan fingerprint density at radius 2 is 2.00 bits per heavy atom. The summed E-state index contributed by atoms with van der Waals surface area (Å²) in [6.07, 6.45) is 3.12. The third-order valence-electron chi connectivity index (χ3n) is 5.11. The molecule has 1 amide bonds. The van der Waals surface area contributed by atoms with Crippen LogP contribution in [0.4, 0.5) is 0 Å². The van der Waals surface area contributed by atoms with Gasteiger partial charge >= 0.3 is 0 Å². The van der Waals surface area contributed by atoms with Gasteiger partial charge in [0.05, 0.1) is 19.7 Å². The minimum Gasteiger partial charge on any atom is -0.348 e. The van der Waals surface area contributed by atoms with Gasteiger partial charge in [-0.25, -0.2) is 0 Å². The second kappa shape index (κ2) is 7.37. The smallest absolute Gasteiger partial charge is 0.254 e. The molecule has 0 radical (unpaired) electrons. The number of ether oxygens (including phenoxy) is 2. The lowest BCUT2D eigenvalue weighted by molar-refractivity contribution is -0.139. The van der Waals surface area contributed by atoms with Gasteiger partial charge in [-0.05, 0) is 43.5 Å². The van der Waals surface area contributed by atoms with Crippen molar-refractivity contribution in [2.75, 3.05) is 13.2 Å². The number of pyridine rings is 1. The Bertz CT molecular complexity index is 981. The molecule has 4 rings (SSSR count). The normalized spacial score (nSPS) is 18.5. The van der Waals surface area contributed by atoms with Crippen molar-refractivity contribution >= 4 is 16.8 Å². The van der Waals surface area contributed by atoms with Gasteiger partial charge in [-0.3, -0.25) is 9.78 Å². The summed E-state index contributed by atoms with van der Waals surface area (Å²) in [5.41, 5.74) is 2.84. The third-order valence-corrected chi connectivity index (χ3v) is 5.11. The van der Waals surface area contributed by atoms with Crippen LogP contribution in [-0.4, -0.2) is 45.4 Å². The largest absolute Gasteiger partial charge is 0.348 e. The topological polar surface area (TPSA) is 56.6 Å². The molecule has 1 fully saturated rings. The van der Waals surface area contributed by atoms with E-state index in [1.54, 1.807) is 24.5 Å². The fraction of sp³-hybridized carbons (Fsp3) is 0.364. The highest BCUT2D eigenvalue weighted by Crippen LogP contribution is 2.25. The number of nitrogens with zero attached hydrogens (tertiary/aromatic N) is 3. The molecule has 146 valence electrons. The first-order valence-corrected chi connectivity index (χ1v) is 9.47. The van der Waals surface area contributed by atoms with E-state index in [-0.39, 0.29) is 12.0 Å². The second-order valence-corrected chi connectivity index (χ2v) is 7.63. The number of carbonyl (C=O) groups excluding carboxylic acids is 1. The summed E-state index contributed by atoms with van der Waals surface area (Å²) in [6, 6.07) is 13.8. The highest BCUT2D eigenvalue weighted by atomic mass is 16.7. The fourth-order valence-corrected chi connectivity index (χ4v) is 3.69. The maximum Gasteiger partial charge on any atom is 0.254 e. The quantitative estimate of drug-likeness (QED) is 0.682. The van der Waals surface area contributed by atoms with Crippen LogP contribution in [0.2, 0.25) is 0 Å². The van der Waals surface area contributed by atoms with Gasteiger partial charge in [0.1, 0.15) is 6.10 Å². The predicted octanol–water partition coefficient (Wildman–Crippen LogP) is 3.37. The summed E-state index contributed by atoms with van der Waals surface area (Å²) < 4.78 is 13.8. The van der Waals surface area contributed by atoms with E-state index in [0.717, 1.165) is 16.6 Å². The number of hydrogen-bond acceptors (Lipinski definition) is 4. The zero-order valence-electron chi connectivity index (χ0n) is 16.5. The summed E-state index contributed by atoms with van der Waals surface area (Å²) in [5, 5.41) is 1.16. The van der Waals surface area contributed by atoms with Crippen LogP contribution in [0.15, 0.2) is 54.9 Å². The molecule has 2 aromatic heterocycles. The number of amides is 1. The van der Waals surface area contributed by atoms with Gasteiger partial charge in [-0.2, -0.15) is 0 Å². The molecule has 28 heavy (non-hydrogen) atoms. The average molecular weight is 379 g/mol. The highest BCUT2D eigenvalue weighted by Gasteiger charge is 2.34. The Balaban J connectivity index is 1.62. The van der Waals surface area contributed by atoms with Crippen molar-refractivity contribution in [1.82, 2.24) is 14.5 Å². The number of para-hydroxylation sites is 1. The van der Waals surface area contributed by atoms with E-state index in [4.69, 9.17) is 9.47 Å². The zero-order chi connectivity index (χ0) is 19.7. The molecule has 0 aliphatic carbocycles. The lowest BCUT2D eigenvalue weighted by Gasteiger charge is -2.26. The highest BCUT2D eigenvalue weighted by molar-refractivity contribution is 5.94. The molecule has 6 nitrogen and oxygen atoms in total. The van der Waals surface area contributed by atoms with Crippen molar-refractivity contribution in [3.63, 3.8) is 0 Å². The molecular weight excluding hydrogens is 354 g/mol. The van der Waals surface area contributed by atoms with E-state index < -0.39 is 5.79 Å². The van der Waals surface area contributed by atoms with Gasteiger partial charge in [0, 0.05) is 36.2 Å². The zero-order valence-corrected chi connectivity index (χ0v) is 16.5. The number of fused-ring (bicyclic) bond motifs is 1. The van der Waals surface area contributed by atoms with Gasteiger partial charge in [0.15, 0.2) is 5.79 Å². The molecule has 1 aliphatic rings.